The van der Waals surface area contributed by atoms with E-state index in [1.165, 1.54) is 37.1 Å². The lowest BCUT2D eigenvalue weighted by Crippen LogP contribution is -2.50. The SMILES string of the molecule is COc1c(NCCNC(=O)C(CSC(c2ccccc2)(c2ccccc2)c2ccccc2)NC(=O)OC(C)(C)C)cc(Cl)cc1C(=O)NCCc1ccc(S(=O)(=O)NC(=O)NC2CCCCC2)cc1. The van der Waals surface area contributed by atoms with Crippen molar-refractivity contribution in [1.29, 1.82) is 0 Å². The summed E-state index contributed by atoms with van der Waals surface area (Å²) in [6.45, 7) is 5.80. The second kappa shape index (κ2) is 24.4. The Morgan fingerprint density at radius 3 is 1.88 bits per heavy atom. The van der Waals surface area contributed by atoms with Gasteiger partial charge >= 0.3 is 12.1 Å². The fourth-order valence-corrected chi connectivity index (χ4v) is 10.8. The number of thioether (sulfide) groups is 1. The Morgan fingerprint density at radius 1 is 0.754 bits per heavy atom. The largest absolute Gasteiger partial charge is 0.494 e. The van der Waals surface area contributed by atoms with E-state index in [1.54, 1.807) is 39.0 Å². The van der Waals surface area contributed by atoms with Crippen LogP contribution in [0.3, 0.4) is 0 Å². The minimum Gasteiger partial charge on any atom is -0.494 e. The fourth-order valence-electron chi connectivity index (χ4n) is 8.12. The van der Waals surface area contributed by atoms with Gasteiger partial charge in [-0.1, -0.05) is 134 Å². The maximum Gasteiger partial charge on any atom is 0.408 e. The predicted octanol–water partition coefficient (Wildman–Crippen LogP) is 8.79. The highest BCUT2D eigenvalue weighted by Crippen LogP contribution is 2.48. The van der Waals surface area contributed by atoms with E-state index in [1.807, 2.05) is 54.6 Å². The average molecular weight is 998 g/mol. The van der Waals surface area contributed by atoms with Gasteiger partial charge in [0.05, 0.1) is 28.0 Å². The van der Waals surface area contributed by atoms with Gasteiger partial charge in [-0.3, -0.25) is 9.59 Å². The predicted molar refractivity (Wildman–Crippen MR) is 273 cm³/mol. The number of ether oxygens (including phenoxy) is 2. The summed E-state index contributed by atoms with van der Waals surface area (Å²) in [5.74, 6) is -0.480. The summed E-state index contributed by atoms with van der Waals surface area (Å²) in [6, 6.07) is 37.6. The van der Waals surface area contributed by atoms with Crippen molar-refractivity contribution in [2.24, 2.45) is 0 Å². The number of hydrogen-bond donors (Lipinski definition) is 6. The number of nitrogens with one attached hydrogen (secondary N) is 6. The van der Waals surface area contributed by atoms with Crippen LogP contribution in [0.15, 0.2) is 132 Å². The number of halogens is 1. The summed E-state index contributed by atoms with van der Waals surface area (Å²) >= 11 is 8.04. The van der Waals surface area contributed by atoms with E-state index in [0.29, 0.717) is 12.1 Å². The lowest BCUT2D eigenvalue weighted by Gasteiger charge is -2.36. The van der Waals surface area contributed by atoms with E-state index in [-0.39, 0.29) is 52.7 Å². The van der Waals surface area contributed by atoms with Crippen LogP contribution in [0.5, 0.6) is 5.75 Å². The molecule has 6 N–H and O–H groups in total. The van der Waals surface area contributed by atoms with E-state index in [0.717, 1.165) is 54.4 Å². The Hall–Kier alpha value is -6.23. The molecule has 0 bridgehead atoms. The molecule has 69 heavy (non-hydrogen) atoms. The molecule has 5 amide bonds. The Kier molecular flexibility index (Phi) is 18.4. The van der Waals surface area contributed by atoms with Crippen molar-refractivity contribution in [2.45, 2.75) is 86.6 Å². The topological polar surface area (TPSA) is 193 Å². The van der Waals surface area contributed by atoms with Crippen LogP contribution in [-0.2, 0) is 30.7 Å². The first-order valence-electron chi connectivity index (χ1n) is 23.0. The first kappa shape index (κ1) is 52.1. The van der Waals surface area contributed by atoms with Crippen LogP contribution in [0.25, 0.3) is 0 Å². The smallest absolute Gasteiger partial charge is 0.408 e. The van der Waals surface area contributed by atoms with Crippen LogP contribution in [0.2, 0.25) is 5.02 Å². The lowest BCUT2D eigenvalue weighted by atomic mass is 9.84. The summed E-state index contributed by atoms with van der Waals surface area (Å²) < 4.78 is 38.4. The first-order chi connectivity index (χ1) is 33.1. The van der Waals surface area contributed by atoms with Gasteiger partial charge in [-0.25, -0.2) is 22.7 Å². The van der Waals surface area contributed by atoms with E-state index >= 15 is 0 Å². The first-order valence-corrected chi connectivity index (χ1v) is 25.8. The van der Waals surface area contributed by atoms with Gasteiger partial charge in [-0.15, -0.1) is 11.8 Å². The van der Waals surface area contributed by atoms with Crippen LogP contribution in [-0.4, -0.2) is 82.5 Å². The molecule has 0 heterocycles. The van der Waals surface area contributed by atoms with Crippen molar-refractivity contribution in [3.8, 4) is 5.75 Å². The number of urea groups is 1. The maximum atomic E-state index is 14.1. The normalized spacial score (nSPS) is 13.6. The van der Waals surface area contributed by atoms with Gasteiger partial charge in [0.25, 0.3) is 15.9 Å². The molecule has 1 aliphatic rings. The molecule has 14 nitrogen and oxygen atoms in total. The summed E-state index contributed by atoms with van der Waals surface area (Å²) in [5, 5.41) is 14.9. The van der Waals surface area contributed by atoms with Crippen LogP contribution >= 0.6 is 23.4 Å². The molecular formula is C52H61ClN6O8S2. The van der Waals surface area contributed by atoms with Crippen molar-refractivity contribution in [3.63, 3.8) is 0 Å². The highest BCUT2D eigenvalue weighted by Gasteiger charge is 2.39. The van der Waals surface area contributed by atoms with Gasteiger partial charge in [-0.05, 0) is 86.6 Å². The van der Waals surface area contributed by atoms with Crippen molar-refractivity contribution in [3.05, 3.63) is 160 Å². The van der Waals surface area contributed by atoms with Gasteiger partial charge in [0.1, 0.15) is 11.6 Å². The van der Waals surface area contributed by atoms with Crippen molar-refractivity contribution in [2.75, 3.05) is 37.8 Å². The van der Waals surface area contributed by atoms with Crippen LogP contribution < -0.4 is 36.0 Å². The molecule has 6 rings (SSSR count). The van der Waals surface area contributed by atoms with E-state index < -0.39 is 50.4 Å². The average Bonchev–Trinajstić information content (AvgIpc) is 3.33. The number of benzene rings is 5. The summed E-state index contributed by atoms with van der Waals surface area (Å²) in [7, 11) is -2.65. The number of carbonyl (C=O) groups excluding carboxylic acids is 4. The lowest BCUT2D eigenvalue weighted by molar-refractivity contribution is -0.122. The third kappa shape index (κ3) is 14.6. The van der Waals surface area contributed by atoms with E-state index in [9.17, 15) is 27.6 Å². The molecule has 0 radical (unpaired) electrons. The summed E-state index contributed by atoms with van der Waals surface area (Å²) in [6.07, 6.45) is 4.40. The van der Waals surface area contributed by atoms with Crippen molar-refractivity contribution < 1.29 is 37.1 Å². The second-order valence-corrected chi connectivity index (χ2v) is 21.0. The number of alkyl carbamates (subject to hydrolysis) is 1. The van der Waals surface area contributed by atoms with Gasteiger partial charge in [0.2, 0.25) is 5.91 Å². The zero-order chi connectivity index (χ0) is 49.4. The molecule has 0 saturated heterocycles. The summed E-state index contributed by atoms with van der Waals surface area (Å²) in [5.41, 5.74) is 3.55. The Morgan fingerprint density at radius 2 is 1.33 bits per heavy atom. The minimum absolute atomic E-state index is 0.0401. The number of sulfonamides is 1. The number of hydrogen-bond acceptors (Lipinski definition) is 10. The van der Waals surface area contributed by atoms with Gasteiger partial charge < -0.3 is 36.1 Å². The molecule has 1 unspecified atom stereocenters. The number of anilines is 1. The molecule has 5 aromatic carbocycles. The Labute approximate surface area is 414 Å². The number of methoxy groups -OCH3 is 1. The fraction of sp³-hybridized carbons (Fsp3) is 0.346. The molecule has 0 spiro atoms. The third-order valence-corrected chi connectivity index (χ3v) is 14.6. The van der Waals surface area contributed by atoms with Crippen LogP contribution in [0, 0.1) is 0 Å². The molecule has 1 saturated carbocycles. The zero-order valence-electron chi connectivity index (χ0n) is 39.3. The van der Waals surface area contributed by atoms with Crippen LogP contribution in [0.4, 0.5) is 15.3 Å². The number of rotatable bonds is 20. The Bertz CT molecular complexity index is 2520. The zero-order valence-corrected chi connectivity index (χ0v) is 41.7. The van der Waals surface area contributed by atoms with Gasteiger partial charge in [0, 0.05) is 36.5 Å². The molecule has 0 aliphatic heterocycles. The van der Waals surface area contributed by atoms with Gasteiger partial charge in [0.15, 0.2) is 5.75 Å². The van der Waals surface area contributed by atoms with Crippen molar-refractivity contribution >= 4 is 63.0 Å². The molecule has 5 aromatic rings. The van der Waals surface area contributed by atoms with E-state index in [2.05, 4.69) is 67.7 Å². The molecule has 1 aliphatic carbocycles. The molecule has 0 aromatic heterocycles. The van der Waals surface area contributed by atoms with Crippen molar-refractivity contribution in [1.82, 2.24) is 26.0 Å². The minimum atomic E-state index is -4.08. The quantitative estimate of drug-likeness (QED) is 0.0324. The molecule has 1 atom stereocenters. The van der Waals surface area contributed by atoms with E-state index in [4.69, 9.17) is 21.1 Å². The van der Waals surface area contributed by atoms with Gasteiger partial charge in [-0.2, -0.15) is 0 Å². The molecule has 17 heteroatoms. The highest BCUT2D eigenvalue weighted by atomic mass is 35.5. The summed E-state index contributed by atoms with van der Waals surface area (Å²) in [4.78, 5) is 53.2. The molecular weight excluding hydrogens is 936 g/mol. The third-order valence-electron chi connectivity index (χ3n) is 11.4. The maximum absolute atomic E-state index is 14.1. The Balaban J connectivity index is 1.08. The standard InChI is InChI=1S/C52H61ClN6O8S2/c1-51(2,3)67-50(63)58-45(35-68-52(37-17-9-5-10-18-37,38-19-11-6-12-20-38)39-21-13-7-14-22-39)48(61)56-32-31-54-44-34-40(53)33-43(46(44)66-4)47(60)55-30-29-36-25-27-42(28-26-36)69(64,65)59-49(62)57-41-23-15-8-16-24-41/h5-7,9-14,17-22,25-28,33-34,41,45,54H,8,15-16,23-24,29-32,35H2,1-4H3,(H,55,60)(H,56,61)(H,58,63)(H2,57,59,62). The molecule has 1 fully saturated rings. The molecule has 366 valence electrons. The monoisotopic (exact) mass is 996 g/mol. The number of amides is 5. The van der Waals surface area contributed by atoms with Crippen LogP contribution in [0.1, 0.15) is 85.5 Å². The highest BCUT2D eigenvalue weighted by molar-refractivity contribution is 8.00. The number of carbonyl (C=O) groups is 4. The second-order valence-electron chi connectivity index (χ2n) is 17.6.